The third-order valence-corrected chi connectivity index (χ3v) is 6.98. The minimum Gasteiger partial charge on any atom is -0.314 e. The van der Waals surface area contributed by atoms with Crippen LogP contribution < -0.4 is 5.32 Å². The standard InChI is InChI=1S/C12H25NO4S2/c1-3-7-13-11-5-4-6-12(10-11)19(16,17)9-8-18(2,14)15/h11-13H,3-10H2,1-2H3. The number of sulfone groups is 2. The van der Waals surface area contributed by atoms with Crippen molar-refractivity contribution < 1.29 is 16.8 Å². The van der Waals surface area contributed by atoms with Gasteiger partial charge < -0.3 is 5.32 Å². The summed E-state index contributed by atoms with van der Waals surface area (Å²) in [6.07, 6.45) is 5.29. The zero-order chi connectivity index (χ0) is 14.5. The van der Waals surface area contributed by atoms with E-state index in [9.17, 15) is 16.8 Å². The largest absolute Gasteiger partial charge is 0.314 e. The van der Waals surface area contributed by atoms with Crippen LogP contribution >= 0.6 is 0 Å². The maximum absolute atomic E-state index is 12.2. The highest BCUT2D eigenvalue weighted by molar-refractivity contribution is 7.95. The van der Waals surface area contributed by atoms with E-state index < -0.39 is 19.7 Å². The zero-order valence-corrected chi connectivity index (χ0v) is 13.4. The molecular formula is C12H25NO4S2. The Morgan fingerprint density at radius 2 is 1.79 bits per heavy atom. The summed E-state index contributed by atoms with van der Waals surface area (Å²) in [4.78, 5) is 0. The van der Waals surface area contributed by atoms with Crippen LogP contribution in [0.4, 0.5) is 0 Å². The summed E-state index contributed by atoms with van der Waals surface area (Å²) in [6.45, 7) is 2.98. The Hall–Kier alpha value is -0.140. The predicted octanol–water partition coefficient (Wildman–Crippen LogP) is 0.757. The Morgan fingerprint density at radius 3 is 2.37 bits per heavy atom. The Balaban J connectivity index is 2.57. The van der Waals surface area contributed by atoms with E-state index in [2.05, 4.69) is 12.2 Å². The van der Waals surface area contributed by atoms with Crippen LogP contribution in [-0.4, -0.2) is 52.4 Å². The molecule has 0 amide bonds. The highest BCUT2D eigenvalue weighted by Crippen LogP contribution is 2.25. The van der Waals surface area contributed by atoms with E-state index in [4.69, 9.17) is 0 Å². The molecule has 0 radical (unpaired) electrons. The average Bonchev–Trinajstić information content (AvgIpc) is 2.34. The number of nitrogens with one attached hydrogen (secondary N) is 1. The van der Waals surface area contributed by atoms with E-state index in [0.29, 0.717) is 12.8 Å². The molecule has 2 atom stereocenters. The first kappa shape index (κ1) is 16.9. The van der Waals surface area contributed by atoms with Gasteiger partial charge in [0.1, 0.15) is 9.84 Å². The molecule has 0 heterocycles. The number of hydrogen-bond acceptors (Lipinski definition) is 5. The summed E-state index contributed by atoms with van der Waals surface area (Å²) < 4.78 is 46.5. The van der Waals surface area contributed by atoms with Crippen molar-refractivity contribution in [2.75, 3.05) is 24.3 Å². The number of rotatable bonds is 7. The molecule has 114 valence electrons. The van der Waals surface area contributed by atoms with Crippen LogP contribution in [0, 0.1) is 0 Å². The molecule has 0 bridgehead atoms. The van der Waals surface area contributed by atoms with Crippen LogP contribution in [0.5, 0.6) is 0 Å². The first-order valence-electron chi connectivity index (χ1n) is 6.87. The van der Waals surface area contributed by atoms with Crippen molar-refractivity contribution in [2.45, 2.75) is 50.3 Å². The van der Waals surface area contributed by atoms with Crippen molar-refractivity contribution in [1.29, 1.82) is 0 Å². The minimum absolute atomic E-state index is 0.239. The quantitative estimate of drug-likeness (QED) is 0.750. The van der Waals surface area contributed by atoms with Crippen molar-refractivity contribution in [1.82, 2.24) is 5.32 Å². The molecule has 5 nitrogen and oxygen atoms in total. The third kappa shape index (κ3) is 6.23. The molecule has 1 aliphatic rings. The minimum atomic E-state index is -3.29. The Labute approximate surface area is 117 Å². The Kier molecular flexibility index (Phi) is 6.26. The second-order valence-corrected chi connectivity index (χ2v) is 10.1. The highest BCUT2D eigenvalue weighted by Gasteiger charge is 2.31. The van der Waals surface area contributed by atoms with E-state index in [0.717, 1.165) is 32.1 Å². The highest BCUT2D eigenvalue weighted by atomic mass is 32.2. The maximum atomic E-state index is 12.2. The molecule has 0 aromatic carbocycles. The van der Waals surface area contributed by atoms with E-state index in [-0.39, 0.29) is 22.8 Å². The van der Waals surface area contributed by atoms with Gasteiger partial charge in [-0.05, 0) is 32.2 Å². The molecule has 0 spiro atoms. The summed E-state index contributed by atoms with van der Waals surface area (Å²) >= 11 is 0. The van der Waals surface area contributed by atoms with Gasteiger partial charge in [0.25, 0.3) is 0 Å². The van der Waals surface area contributed by atoms with Crippen molar-refractivity contribution in [2.24, 2.45) is 0 Å². The molecule has 0 aromatic rings. The second kappa shape index (κ2) is 7.04. The summed E-state index contributed by atoms with van der Waals surface area (Å²) in [5.41, 5.74) is 0. The lowest BCUT2D eigenvalue weighted by Crippen LogP contribution is -2.40. The Bertz CT molecular complexity index is 470. The van der Waals surface area contributed by atoms with Crippen LogP contribution in [0.15, 0.2) is 0 Å². The van der Waals surface area contributed by atoms with Crippen LogP contribution in [0.3, 0.4) is 0 Å². The second-order valence-electron chi connectivity index (χ2n) is 5.44. The molecule has 0 saturated heterocycles. The van der Waals surface area contributed by atoms with Crippen LogP contribution in [0.2, 0.25) is 0 Å². The lowest BCUT2D eigenvalue weighted by Gasteiger charge is -2.29. The fourth-order valence-electron chi connectivity index (χ4n) is 2.44. The smallest absolute Gasteiger partial charge is 0.154 e. The molecule has 7 heteroatoms. The fourth-order valence-corrected chi connectivity index (χ4v) is 5.96. The van der Waals surface area contributed by atoms with Crippen molar-refractivity contribution in [3.63, 3.8) is 0 Å². The lowest BCUT2D eigenvalue weighted by molar-refractivity contribution is 0.372. The van der Waals surface area contributed by atoms with Crippen LogP contribution in [0.25, 0.3) is 0 Å². The first-order valence-corrected chi connectivity index (χ1v) is 10.6. The van der Waals surface area contributed by atoms with E-state index >= 15 is 0 Å². The van der Waals surface area contributed by atoms with Gasteiger partial charge in [0.2, 0.25) is 0 Å². The van der Waals surface area contributed by atoms with Gasteiger partial charge in [-0.3, -0.25) is 0 Å². The molecule has 0 aromatic heterocycles. The molecule has 0 aliphatic heterocycles. The summed E-state index contributed by atoms with van der Waals surface area (Å²) in [5.74, 6) is -0.504. The van der Waals surface area contributed by atoms with Crippen molar-refractivity contribution >= 4 is 19.7 Å². The number of hydrogen-bond donors (Lipinski definition) is 1. The molecule has 1 fully saturated rings. The van der Waals surface area contributed by atoms with Gasteiger partial charge in [0.15, 0.2) is 9.84 Å². The molecular weight excluding hydrogens is 286 g/mol. The SMILES string of the molecule is CCCNC1CCCC(S(=O)(=O)CCS(C)(=O)=O)C1. The monoisotopic (exact) mass is 311 g/mol. The zero-order valence-electron chi connectivity index (χ0n) is 11.8. The van der Waals surface area contributed by atoms with Crippen LogP contribution in [0.1, 0.15) is 39.0 Å². The van der Waals surface area contributed by atoms with Gasteiger partial charge in [-0.25, -0.2) is 16.8 Å². The molecule has 19 heavy (non-hydrogen) atoms. The van der Waals surface area contributed by atoms with Crippen molar-refractivity contribution in [3.8, 4) is 0 Å². The van der Waals surface area contributed by atoms with E-state index in [1.165, 1.54) is 0 Å². The predicted molar refractivity (Wildman–Crippen MR) is 77.8 cm³/mol. The van der Waals surface area contributed by atoms with Gasteiger partial charge in [-0.15, -0.1) is 0 Å². The normalized spacial score (nSPS) is 25.4. The average molecular weight is 311 g/mol. The van der Waals surface area contributed by atoms with E-state index in [1.54, 1.807) is 0 Å². The topological polar surface area (TPSA) is 80.3 Å². The van der Waals surface area contributed by atoms with Gasteiger partial charge in [-0.2, -0.15) is 0 Å². The van der Waals surface area contributed by atoms with Gasteiger partial charge in [0, 0.05) is 12.3 Å². The maximum Gasteiger partial charge on any atom is 0.154 e. The van der Waals surface area contributed by atoms with Gasteiger partial charge >= 0.3 is 0 Å². The van der Waals surface area contributed by atoms with Crippen LogP contribution in [-0.2, 0) is 19.7 Å². The fraction of sp³-hybridized carbons (Fsp3) is 1.00. The summed E-state index contributed by atoms with van der Waals surface area (Å²) in [5, 5.41) is 2.99. The Morgan fingerprint density at radius 1 is 1.11 bits per heavy atom. The molecule has 1 N–H and O–H groups in total. The third-order valence-electron chi connectivity index (χ3n) is 3.56. The molecule has 1 rings (SSSR count). The van der Waals surface area contributed by atoms with Gasteiger partial charge in [0.05, 0.1) is 16.8 Å². The van der Waals surface area contributed by atoms with E-state index in [1.807, 2.05) is 0 Å². The molecule has 2 unspecified atom stereocenters. The molecule has 1 aliphatic carbocycles. The van der Waals surface area contributed by atoms with Gasteiger partial charge in [-0.1, -0.05) is 13.3 Å². The summed E-state index contributed by atoms with van der Waals surface area (Å²) in [6, 6.07) is 0.256. The molecule has 1 saturated carbocycles. The summed E-state index contributed by atoms with van der Waals surface area (Å²) in [7, 11) is -6.51. The first-order chi connectivity index (χ1) is 8.74. The van der Waals surface area contributed by atoms with Crippen molar-refractivity contribution in [3.05, 3.63) is 0 Å². The lowest BCUT2D eigenvalue weighted by atomic mass is 9.95.